The van der Waals surface area contributed by atoms with Gasteiger partial charge in [0.15, 0.2) is 0 Å². The zero-order valence-electron chi connectivity index (χ0n) is 28.3. The van der Waals surface area contributed by atoms with E-state index in [0.29, 0.717) is 22.3 Å². The second-order valence-electron chi connectivity index (χ2n) is 11.3. The first-order valence-electron chi connectivity index (χ1n) is 17.1. The third-order valence-corrected chi connectivity index (χ3v) is 8.74. The van der Waals surface area contributed by atoms with Crippen LogP contribution < -0.4 is 0 Å². The highest BCUT2D eigenvalue weighted by atomic mass is 16.3. The van der Waals surface area contributed by atoms with Crippen LogP contribution in [0.5, 0.6) is 0 Å². The first-order valence-corrected chi connectivity index (χ1v) is 15.1. The summed E-state index contributed by atoms with van der Waals surface area (Å²) < 4.78 is 43.2. The quantitative estimate of drug-likeness (QED) is 0.190. The fourth-order valence-corrected chi connectivity index (χ4v) is 6.72. The van der Waals surface area contributed by atoms with Crippen molar-refractivity contribution in [3.8, 4) is 44.5 Å². The summed E-state index contributed by atoms with van der Waals surface area (Å²) in [6.45, 7) is 0. The van der Waals surface area contributed by atoms with E-state index in [1.165, 1.54) is 0 Å². The number of rotatable bonds is 4. The molecule has 0 saturated heterocycles. The van der Waals surface area contributed by atoms with E-state index in [-0.39, 0.29) is 24.2 Å². The van der Waals surface area contributed by atoms with Crippen LogP contribution in [0.3, 0.4) is 0 Å². The van der Waals surface area contributed by atoms with Crippen LogP contribution in [0.4, 0.5) is 0 Å². The maximum absolute atomic E-state index is 9.29. The minimum Gasteiger partial charge on any atom is -0.456 e. The predicted molar refractivity (Wildman–Crippen MR) is 190 cm³/mol. The topological polar surface area (TPSA) is 13.1 Å². The SMILES string of the molecule is [2H]c1c([2H])c(-c2c3ccccc3c(-c3cccc4oc5ccc(-c6ccccc6)cc5c34)c3ccccc23)c([2H])c([2H])c1-c1ccccc1. The molecule has 0 N–H and O–H groups in total. The summed E-state index contributed by atoms with van der Waals surface area (Å²) >= 11 is 0. The van der Waals surface area contributed by atoms with Gasteiger partial charge in [-0.15, -0.1) is 0 Å². The molecule has 0 fully saturated rings. The van der Waals surface area contributed by atoms with E-state index in [0.717, 1.165) is 65.7 Å². The van der Waals surface area contributed by atoms with Gasteiger partial charge in [0, 0.05) is 10.8 Å². The summed E-state index contributed by atoms with van der Waals surface area (Å²) in [5.41, 5.74) is 7.87. The lowest BCUT2D eigenvalue weighted by Crippen LogP contribution is -1.91. The Bertz CT molecular complexity index is 2660. The van der Waals surface area contributed by atoms with Gasteiger partial charge in [-0.2, -0.15) is 0 Å². The van der Waals surface area contributed by atoms with Gasteiger partial charge < -0.3 is 4.42 Å². The van der Waals surface area contributed by atoms with Gasteiger partial charge in [0.2, 0.25) is 0 Å². The molecule has 0 radical (unpaired) electrons. The predicted octanol–water partition coefficient (Wildman–Crippen LogP) is 12.6. The van der Waals surface area contributed by atoms with E-state index < -0.39 is 0 Å². The van der Waals surface area contributed by atoms with Crippen molar-refractivity contribution in [3.05, 3.63) is 170 Å². The van der Waals surface area contributed by atoms with Crippen molar-refractivity contribution in [2.75, 3.05) is 0 Å². The molecule has 0 spiro atoms. The Kier molecular flexibility index (Phi) is 5.00. The van der Waals surface area contributed by atoms with Gasteiger partial charge in [-0.1, -0.05) is 152 Å². The molecule has 1 heteroatoms. The molecule has 0 amide bonds. The normalized spacial score (nSPS) is 12.8. The van der Waals surface area contributed by atoms with E-state index in [1.54, 1.807) is 0 Å². The standard InChI is InChI=1S/C44H28O/c1-3-12-29(13-4-1)31-22-24-32(25-23-31)42-34-16-7-9-18-36(34)43(37-19-10-8-17-35(37)42)38-20-11-21-41-44(38)39-28-33(26-27-40(39)45-41)30-14-5-2-6-15-30/h1-28H/i22D,23D,24D,25D. The van der Waals surface area contributed by atoms with Gasteiger partial charge >= 0.3 is 0 Å². The van der Waals surface area contributed by atoms with Gasteiger partial charge in [-0.25, -0.2) is 0 Å². The van der Waals surface area contributed by atoms with Crippen LogP contribution in [0.2, 0.25) is 0 Å². The highest BCUT2D eigenvalue weighted by molar-refractivity contribution is 6.25. The van der Waals surface area contributed by atoms with Crippen LogP contribution in [0.25, 0.3) is 88.0 Å². The van der Waals surface area contributed by atoms with Crippen molar-refractivity contribution in [2.45, 2.75) is 0 Å². The molecule has 0 aliphatic heterocycles. The average Bonchev–Trinajstić information content (AvgIpc) is 3.53. The third-order valence-electron chi connectivity index (χ3n) is 8.74. The lowest BCUT2D eigenvalue weighted by molar-refractivity contribution is 0.669. The van der Waals surface area contributed by atoms with E-state index in [4.69, 9.17) is 7.16 Å². The summed E-state index contributed by atoms with van der Waals surface area (Å²) in [4.78, 5) is 0. The van der Waals surface area contributed by atoms with Gasteiger partial charge in [0.05, 0.1) is 5.48 Å². The molecule has 0 saturated carbocycles. The third kappa shape index (κ3) is 4.17. The van der Waals surface area contributed by atoms with Crippen LogP contribution in [-0.2, 0) is 0 Å². The summed E-state index contributed by atoms with van der Waals surface area (Å²) in [6, 6.07) is 48.1. The molecule has 0 aliphatic rings. The molecule has 8 aromatic carbocycles. The van der Waals surface area contributed by atoms with E-state index >= 15 is 0 Å². The average molecular weight is 577 g/mol. The molecule has 0 bridgehead atoms. The Hall–Kier alpha value is -5.92. The monoisotopic (exact) mass is 576 g/mol. The van der Waals surface area contributed by atoms with Gasteiger partial charge in [0.1, 0.15) is 11.2 Å². The van der Waals surface area contributed by atoms with Crippen molar-refractivity contribution >= 4 is 43.5 Å². The number of benzene rings is 8. The van der Waals surface area contributed by atoms with Crippen LogP contribution in [-0.4, -0.2) is 0 Å². The Morgan fingerprint density at radius 1 is 0.356 bits per heavy atom. The lowest BCUT2D eigenvalue weighted by Gasteiger charge is -2.18. The fraction of sp³-hybridized carbons (Fsp3) is 0. The molecular formula is C44H28O. The van der Waals surface area contributed by atoms with Crippen molar-refractivity contribution in [3.63, 3.8) is 0 Å². The van der Waals surface area contributed by atoms with Gasteiger partial charge in [-0.3, -0.25) is 0 Å². The van der Waals surface area contributed by atoms with Crippen LogP contribution >= 0.6 is 0 Å². The summed E-state index contributed by atoms with van der Waals surface area (Å²) in [5, 5.41) is 5.69. The van der Waals surface area contributed by atoms with E-state index in [2.05, 4.69) is 42.5 Å². The van der Waals surface area contributed by atoms with Crippen molar-refractivity contribution in [1.29, 1.82) is 0 Å². The van der Waals surface area contributed by atoms with Crippen LogP contribution in [0.15, 0.2) is 174 Å². The number of furan rings is 1. The molecule has 1 aromatic heterocycles. The largest absolute Gasteiger partial charge is 0.456 e. The number of hydrogen-bond donors (Lipinski definition) is 0. The first-order chi connectivity index (χ1) is 24.0. The molecule has 9 rings (SSSR count). The first kappa shape index (κ1) is 21.7. The molecule has 0 unspecified atom stereocenters. The van der Waals surface area contributed by atoms with Crippen LogP contribution in [0.1, 0.15) is 5.48 Å². The molecular weight excluding hydrogens is 544 g/mol. The minimum absolute atomic E-state index is 0.0525. The minimum atomic E-state index is -0.0562. The smallest absolute Gasteiger partial charge is 0.136 e. The van der Waals surface area contributed by atoms with Crippen molar-refractivity contribution < 1.29 is 9.90 Å². The Labute approximate surface area is 267 Å². The molecule has 210 valence electrons. The summed E-state index contributed by atoms with van der Waals surface area (Å²) in [6.07, 6.45) is 0. The lowest BCUT2D eigenvalue weighted by atomic mass is 9.84. The highest BCUT2D eigenvalue weighted by Crippen LogP contribution is 2.47. The Morgan fingerprint density at radius 2 is 0.889 bits per heavy atom. The molecule has 45 heavy (non-hydrogen) atoms. The molecule has 1 nitrogen and oxygen atoms in total. The molecule has 0 aliphatic carbocycles. The molecule has 0 atom stereocenters. The van der Waals surface area contributed by atoms with Crippen molar-refractivity contribution in [2.24, 2.45) is 0 Å². The number of fused-ring (bicyclic) bond motifs is 5. The van der Waals surface area contributed by atoms with Gasteiger partial charge in [-0.05, 0) is 84.3 Å². The highest BCUT2D eigenvalue weighted by Gasteiger charge is 2.20. The van der Waals surface area contributed by atoms with E-state index in [9.17, 15) is 2.74 Å². The summed E-state index contributed by atoms with van der Waals surface area (Å²) in [5.74, 6) is 0. The van der Waals surface area contributed by atoms with Crippen LogP contribution in [0, 0.1) is 0 Å². The number of hydrogen-bond acceptors (Lipinski definition) is 1. The Morgan fingerprint density at radius 3 is 1.51 bits per heavy atom. The maximum atomic E-state index is 9.29. The molecule has 1 heterocycles. The second kappa shape index (κ2) is 10.4. The second-order valence-corrected chi connectivity index (χ2v) is 11.3. The zero-order valence-corrected chi connectivity index (χ0v) is 24.3. The van der Waals surface area contributed by atoms with Crippen molar-refractivity contribution in [1.82, 2.24) is 0 Å². The Balaban J connectivity index is 1.38. The van der Waals surface area contributed by atoms with E-state index in [1.807, 2.05) is 103 Å². The zero-order chi connectivity index (χ0) is 33.2. The summed E-state index contributed by atoms with van der Waals surface area (Å²) in [7, 11) is 0. The van der Waals surface area contributed by atoms with Gasteiger partial charge in [0.25, 0.3) is 0 Å². The fourth-order valence-electron chi connectivity index (χ4n) is 6.72. The molecule has 9 aromatic rings. The maximum Gasteiger partial charge on any atom is 0.136 e.